The first-order valence-corrected chi connectivity index (χ1v) is 10.5. The highest BCUT2D eigenvalue weighted by Gasteiger charge is 2.44. The van der Waals surface area contributed by atoms with Crippen molar-refractivity contribution in [2.75, 3.05) is 31.2 Å². The van der Waals surface area contributed by atoms with Crippen LogP contribution in [0.15, 0.2) is 46.6 Å². The van der Waals surface area contributed by atoms with E-state index in [2.05, 4.69) is 46.2 Å². The molecule has 0 saturated carbocycles. The summed E-state index contributed by atoms with van der Waals surface area (Å²) in [6.45, 7) is 5.37. The summed E-state index contributed by atoms with van der Waals surface area (Å²) in [6.07, 6.45) is 5.56. The van der Waals surface area contributed by atoms with Crippen LogP contribution in [0.25, 0.3) is 5.65 Å². The number of hydrogen-bond donors (Lipinski definition) is 1. The molecule has 0 unspecified atom stereocenters. The minimum absolute atomic E-state index is 0.124. The molecule has 146 valence electrons. The highest BCUT2D eigenvalue weighted by molar-refractivity contribution is 7.99. The van der Waals surface area contributed by atoms with E-state index in [9.17, 15) is 0 Å². The van der Waals surface area contributed by atoms with Gasteiger partial charge >= 0.3 is 0 Å². The molecule has 0 bridgehead atoms. The van der Waals surface area contributed by atoms with Gasteiger partial charge in [-0.15, -0.1) is 0 Å². The second kappa shape index (κ2) is 7.02. The van der Waals surface area contributed by atoms with Crippen molar-refractivity contribution in [2.45, 2.75) is 35.6 Å². The Morgan fingerprint density at radius 1 is 1.25 bits per heavy atom. The average molecular weight is 397 g/mol. The lowest BCUT2D eigenvalue weighted by Gasteiger charge is -2.40. The SMILES string of the molecule is Cc1cccc(Sc2cnc(N3CCC4(CC3)COC[C@H]4N)n3ncnc23)c1. The number of nitrogens with two attached hydrogens (primary N) is 1. The average Bonchev–Trinajstić information content (AvgIpc) is 3.31. The van der Waals surface area contributed by atoms with Gasteiger partial charge in [0.25, 0.3) is 0 Å². The third-order valence-corrected chi connectivity index (χ3v) is 6.99. The van der Waals surface area contributed by atoms with Crippen LogP contribution in [-0.2, 0) is 4.74 Å². The van der Waals surface area contributed by atoms with Crippen molar-refractivity contribution >= 4 is 23.4 Å². The second-order valence-corrected chi connectivity index (χ2v) is 8.92. The van der Waals surface area contributed by atoms with E-state index in [0.29, 0.717) is 6.61 Å². The smallest absolute Gasteiger partial charge is 0.228 e. The van der Waals surface area contributed by atoms with Gasteiger partial charge in [-0.3, -0.25) is 0 Å². The Morgan fingerprint density at radius 3 is 2.86 bits per heavy atom. The van der Waals surface area contributed by atoms with Crippen LogP contribution in [0, 0.1) is 12.3 Å². The Labute approximate surface area is 168 Å². The molecule has 0 amide bonds. The van der Waals surface area contributed by atoms with E-state index in [1.165, 1.54) is 10.5 Å². The molecule has 1 atom stereocenters. The Kier molecular flexibility index (Phi) is 4.49. The first kappa shape index (κ1) is 17.9. The van der Waals surface area contributed by atoms with E-state index in [1.807, 2.05) is 10.7 Å². The Morgan fingerprint density at radius 2 is 2.11 bits per heavy atom. The summed E-state index contributed by atoms with van der Waals surface area (Å²) in [4.78, 5) is 13.7. The molecule has 28 heavy (non-hydrogen) atoms. The number of rotatable bonds is 3. The van der Waals surface area contributed by atoms with Crippen molar-refractivity contribution in [2.24, 2.45) is 11.1 Å². The first-order chi connectivity index (χ1) is 13.6. The summed E-state index contributed by atoms with van der Waals surface area (Å²) in [5.74, 6) is 0.850. The number of aromatic nitrogens is 4. The molecule has 1 spiro atoms. The molecule has 2 aliphatic heterocycles. The van der Waals surface area contributed by atoms with Gasteiger partial charge in [0.05, 0.1) is 18.1 Å². The zero-order valence-corrected chi connectivity index (χ0v) is 16.7. The molecule has 2 aromatic heterocycles. The van der Waals surface area contributed by atoms with Crippen LogP contribution < -0.4 is 10.6 Å². The molecule has 2 fully saturated rings. The highest BCUT2D eigenvalue weighted by atomic mass is 32.2. The summed E-state index contributed by atoms with van der Waals surface area (Å²) in [5, 5.41) is 4.46. The number of anilines is 1. The Hall–Kier alpha value is -2.16. The van der Waals surface area contributed by atoms with Crippen LogP contribution in [0.4, 0.5) is 5.95 Å². The normalized spacial score (nSPS) is 21.6. The fourth-order valence-electron chi connectivity index (χ4n) is 4.22. The van der Waals surface area contributed by atoms with Gasteiger partial charge in [-0.1, -0.05) is 29.5 Å². The van der Waals surface area contributed by atoms with E-state index >= 15 is 0 Å². The minimum Gasteiger partial charge on any atom is -0.379 e. The molecule has 2 saturated heterocycles. The molecule has 4 heterocycles. The van der Waals surface area contributed by atoms with Crippen molar-refractivity contribution in [1.82, 2.24) is 19.6 Å². The number of benzene rings is 1. The zero-order chi connectivity index (χ0) is 19.1. The number of ether oxygens (including phenoxy) is 1. The molecular weight excluding hydrogens is 372 g/mol. The predicted molar refractivity (Wildman–Crippen MR) is 109 cm³/mol. The van der Waals surface area contributed by atoms with E-state index in [0.717, 1.165) is 49.0 Å². The molecule has 3 aromatic rings. The Bertz CT molecular complexity index is 997. The van der Waals surface area contributed by atoms with E-state index < -0.39 is 0 Å². The van der Waals surface area contributed by atoms with Gasteiger partial charge in [-0.05, 0) is 31.9 Å². The summed E-state index contributed by atoms with van der Waals surface area (Å²) in [7, 11) is 0. The van der Waals surface area contributed by atoms with Crippen molar-refractivity contribution in [3.8, 4) is 0 Å². The van der Waals surface area contributed by atoms with Crippen molar-refractivity contribution in [3.63, 3.8) is 0 Å². The van der Waals surface area contributed by atoms with Crippen molar-refractivity contribution < 1.29 is 4.74 Å². The van der Waals surface area contributed by atoms with E-state index in [4.69, 9.17) is 15.5 Å². The lowest BCUT2D eigenvalue weighted by Crippen LogP contribution is -2.49. The third-order valence-electron chi connectivity index (χ3n) is 5.99. The van der Waals surface area contributed by atoms with E-state index in [-0.39, 0.29) is 11.5 Å². The lowest BCUT2D eigenvalue weighted by molar-refractivity contribution is 0.131. The van der Waals surface area contributed by atoms with Crippen LogP contribution in [0.3, 0.4) is 0 Å². The van der Waals surface area contributed by atoms with Crippen molar-refractivity contribution in [3.05, 3.63) is 42.4 Å². The maximum absolute atomic E-state index is 6.32. The molecule has 2 N–H and O–H groups in total. The van der Waals surface area contributed by atoms with Gasteiger partial charge in [-0.25, -0.2) is 9.97 Å². The van der Waals surface area contributed by atoms with Gasteiger partial charge in [0.2, 0.25) is 5.95 Å². The summed E-state index contributed by atoms with van der Waals surface area (Å²) in [5.41, 5.74) is 8.53. The molecule has 5 rings (SSSR count). The summed E-state index contributed by atoms with van der Waals surface area (Å²) >= 11 is 1.67. The molecule has 1 aromatic carbocycles. The fourth-order valence-corrected chi connectivity index (χ4v) is 5.20. The number of fused-ring (bicyclic) bond motifs is 1. The van der Waals surface area contributed by atoms with Crippen LogP contribution >= 0.6 is 11.8 Å². The van der Waals surface area contributed by atoms with Crippen LogP contribution in [0.5, 0.6) is 0 Å². The molecule has 0 aliphatic carbocycles. The third kappa shape index (κ3) is 3.05. The number of aryl methyl sites for hydroxylation is 1. The van der Waals surface area contributed by atoms with Gasteiger partial charge in [-0.2, -0.15) is 9.61 Å². The minimum atomic E-state index is 0.124. The largest absolute Gasteiger partial charge is 0.379 e. The van der Waals surface area contributed by atoms with Gasteiger partial charge < -0.3 is 15.4 Å². The standard InChI is InChI=1S/C20H24N6OS/c1-14-3-2-4-15(9-14)28-16-10-22-19(26-18(16)23-13-24-26)25-7-5-20(6-8-25)12-27-11-17(20)21/h2-4,9-10,13,17H,5-8,11-12,21H2,1H3/t17-/m1/s1. The topological polar surface area (TPSA) is 81.6 Å². The zero-order valence-electron chi connectivity index (χ0n) is 15.9. The monoisotopic (exact) mass is 396 g/mol. The predicted octanol–water partition coefficient (Wildman–Crippen LogP) is 2.53. The maximum atomic E-state index is 6.32. The molecule has 2 aliphatic rings. The molecule has 7 nitrogen and oxygen atoms in total. The maximum Gasteiger partial charge on any atom is 0.228 e. The van der Waals surface area contributed by atoms with Crippen LogP contribution in [0.2, 0.25) is 0 Å². The lowest BCUT2D eigenvalue weighted by atomic mass is 9.75. The first-order valence-electron chi connectivity index (χ1n) is 9.66. The Balaban J connectivity index is 1.40. The summed E-state index contributed by atoms with van der Waals surface area (Å²) < 4.78 is 7.50. The molecule has 8 heteroatoms. The fraction of sp³-hybridized carbons (Fsp3) is 0.450. The van der Waals surface area contributed by atoms with Gasteiger partial charge in [0.1, 0.15) is 6.33 Å². The number of nitrogens with zero attached hydrogens (tertiary/aromatic N) is 5. The molecular formula is C20H24N6OS. The molecule has 0 radical (unpaired) electrons. The van der Waals surface area contributed by atoms with Gasteiger partial charge in [0.15, 0.2) is 5.65 Å². The van der Waals surface area contributed by atoms with Crippen molar-refractivity contribution in [1.29, 1.82) is 0 Å². The summed E-state index contributed by atoms with van der Waals surface area (Å²) in [6, 6.07) is 8.59. The van der Waals surface area contributed by atoms with Crippen LogP contribution in [0.1, 0.15) is 18.4 Å². The van der Waals surface area contributed by atoms with Crippen LogP contribution in [-0.4, -0.2) is 51.9 Å². The quantitative estimate of drug-likeness (QED) is 0.728. The highest BCUT2D eigenvalue weighted by Crippen LogP contribution is 2.39. The second-order valence-electron chi connectivity index (χ2n) is 7.81. The van der Waals surface area contributed by atoms with Gasteiger partial charge in [0, 0.05) is 35.6 Å². The van der Waals surface area contributed by atoms with E-state index in [1.54, 1.807) is 18.1 Å². The number of piperidine rings is 1. The number of hydrogen-bond acceptors (Lipinski definition) is 7.